The topological polar surface area (TPSA) is 0 Å². The van der Waals surface area contributed by atoms with E-state index in [0.29, 0.717) is 11.8 Å². The van der Waals surface area contributed by atoms with Crippen LogP contribution in [0.25, 0.3) is 34.4 Å². The first-order valence-corrected chi connectivity index (χ1v) is 56.6. The second-order valence-corrected chi connectivity index (χ2v) is 91.8. The van der Waals surface area contributed by atoms with Gasteiger partial charge in [0.1, 0.15) is 0 Å². The molecule has 0 aromatic heterocycles. The summed E-state index contributed by atoms with van der Waals surface area (Å²) < 4.78 is 0.0819. The second kappa shape index (κ2) is 18.7. The van der Waals surface area contributed by atoms with Crippen LogP contribution in [0.3, 0.4) is 0 Å². The molecule has 2 aliphatic carbocycles. The molecule has 68 heavy (non-hydrogen) atoms. The molecule has 2 atom stereocenters. The van der Waals surface area contributed by atoms with Crippen LogP contribution in [0.4, 0.5) is 0 Å². The summed E-state index contributed by atoms with van der Waals surface area (Å²) in [6.07, 6.45) is 7.32. The van der Waals surface area contributed by atoms with E-state index in [4.69, 9.17) is 0 Å². The van der Waals surface area contributed by atoms with Gasteiger partial charge in [-0.2, -0.15) is 0 Å². The van der Waals surface area contributed by atoms with Crippen molar-refractivity contribution in [2.45, 2.75) is 192 Å². The number of hydrogen-bond acceptors (Lipinski definition) is 0. The molecule has 0 amide bonds. The summed E-state index contributed by atoms with van der Waals surface area (Å²) in [6.45, 7) is 59.4. The SMILES string of the molecule is CC(C)CC1=Cc2c(ccc(C(C)(C)C)c2-c2cc([Si](C)(C)C)cc([Si](C)(C)C)c2)[CH]1[Zr]([Cl])([Cl])([CH]1C(CC(C)C)=Cc2c1ccc(C(C)(C)C)c2-c1cc([Si](C)(C)C)cc([Si](C)(C)C)c1)[SiH](C)C. The van der Waals surface area contributed by atoms with Crippen LogP contribution in [-0.2, 0) is 26.4 Å². The van der Waals surface area contributed by atoms with E-state index >= 15 is 0 Å². The van der Waals surface area contributed by atoms with Crippen LogP contribution in [0.5, 0.6) is 0 Å². The molecular formula is C60H93Cl2Si5Zr. The molecule has 0 saturated heterocycles. The van der Waals surface area contributed by atoms with Gasteiger partial charge in [0.05, 0.1) is 0 Å². The number of rotatable bonds is 13. The molecule has 0 spiro atoms. The molecule has 8 heteroatoms. The van der Waals surface area contributed by atoms with Crippen molar-refractivity contribution in [3.8, 4) is 22.3 Å². The Balaban J connectivity index is 1.77. The van der Waals surface area contributed by atoms with Gasteiger partial charge in [0, 0.05) is 0 Å². The number of hydrogen-bond donors (Lipinski definition) is 0. The summed E-state index contributed by atoms with van der Waals surface area (Å²) in [5.41, 5.74) is 17.0. The van der Waals surface area contributed by atoms with Crippen LogP contribution in [0.1, 0.15) is 123 Å². The van der Waals surface area contributed by atoms with E-state index in [1.807, 2.05) is 0 Å². The van der Waals surface area contributed by atoms with Crippen molar-refractivity contribution in [2.75, 3.05) is 0 Å². The fourth-order valence-electron chi connectivity index (χ4n) is 11.6. The van der Waals surface area contributed by atoms with Crippen LogP contribution < -0.4 is 20.7 Å². The Labute approximate surface area is 430 Å². The summed E-state index contributed by atoms with van der Waals surface area (Å²) in [7, 11) is 12.0. The molecule has 0 heterocycles. The maximum atomic E-state index is 9.33. The Kier molecular flexibility index (Phi) is 15.4. The Morgan fingerprint density at radius 2 is 0.765 bits per heavy atom. The molecular weight excluding hydrogens is 1020 g/mol. The van der Waals surface area contributed by atoms with Crippen LogP contribution in [-0.4, -0.2) is 38.2 Å². The molecule has 371 valence electrons. The van der Waals surface area contributed by atoms with Crippen LogP contribution in [0.2, 0.25) is 91.7 Å². The number of allylic oxidation sites excluding steroid dienone is 2. The molecule has 0 nitrogen and oxygen atoms in total. The average molecular weight is 1120 g/mol. The van der Waals surface area contributed by atoms with Crippen molar-refractivity contribution in [3.63, 3.8) is 0 Å². The van der Waals surface area contributed by atoms with E-state index in [0.717, 1.165) is 12.8 Å². The van der Waals surface area contributed by atoms with Crippen LogP contribution in [0.15, 0.2) is 71.8 Å². The molecule has 4 aromatic carbocycles. The Morgan fingerprint density at radius 1 is 0.485 bits per heavy atom. The van der Waals surface area contributed by atoms with Gasteiger partial charge in [-0.1, -0.05) is 0 Å². The zero-order valence-corrected chi connectivity index (χ0v) is 56.6. The van der Waals surface area contributed by atoms with Crippen molar-refractivity contribution in [1.29, 1.82) is 0 Å². The molecule has 0 fully saturated rings. The van der Waals surface area contributed by atoms with E-state index in [1.165, 1.54) is 66.8 Å². The van der Waals surface area contributed by atoms with Crippen LogP contribution >= 0.6 is 17.0 Å². The maximum absolute atomic E-state index is 9.33. The number of halogens is 2. The standard InChI is InChI=1S/2C29H43Si2.C2H7Si.2ClH.Zr/c2*1-20(2)14-21-15-22-12-13-27(29(3,4)5)28(26(22)16-21)23-17-24(30(6,7)8)19-25(18-23)31(9,10)11;1-3-2;;;/h2*12-13,15-20H,14H2,1-11H3;3H,1-2H3;2*1H;/q;;;;;+2/p-2. The molecule has 2 aliphatic rings. The van der Waals surface area contributed by atoms with Gasteiger partial charge in [0.2, 0.25) is 0 Å². The monoisotopic (exact) mass is 1110 g/mol. The third-order valence-corrected chi connectivity index (χ3v) is 75.5. The summed E-state index contributed by atoms with van der Waals surface area (Å²) in [4.78, 5) is 0. The molecule has 0 bridgehead atoms. The van der Waals surface area contributed by atoms with Gasteiger partial charge in [-0.05, 0) is 0 Å². The van der Waals surface area contributed by atoms with E-state index in [2.05, 4.69) is 234 Å². The summed E-state index contributed by atoms with van der Waals surface area (Å²) >= 11 is -5.21. The van der Waals surface area contributed by atoms with Crippen LogP contribution in [0, 0.1) is 11.8 Å². The Bertz CT molecular complexity index is 2420. The van der Waals surface area contributed by atoms with Gasteiger partial charge < -0.3 is 0 Å². The van der Waals surface area contributed by atoms with Gasteiger partial charge in [0.15, 0.2) is 0 Å². The molecule has 0 N–H and O–H groups in total. The van der Waals surface area contributed by atoms with Gasteiger partial charge >= 0.3 is 435 Å². The minimum atomic E-state index is -5.21. The van der Waals surface area contributed by atoms with Gasteiger partial charge in [-0.25, -0.2) is 0 Å². The summed E-state index contributed by atoms with van der Waals surface area (Å²) in [6, 6.07) is 25.7. The number of fused-ring (bicyclic) bond motifs is 2. The molecule has 4 aromatic rings. The summed E-state index contributed by atoms with van der Waals surface area (Å²) in [5, 5.41) is 6.24. The average Bonchev–Trinajstić information content (AvgIpc) is 3.72. The summed E-state index contributed by atoms with van der Waals surface area (Å²) in [5.74, 6) is -0.875. The van der Waals surface area contributed by atoms with Crippen molar-refractivity contribution < 1.29 is 15.6 Å². The molecule has 0 aliphatic heterocycles. The Hall–Kier alpha value is -1.09. The molecule has 6 rings (SSSR count). The quantitative estimate of drug-likeness (QED) is 0.117. The van der Waals surface area contributed by atoms with Gasteiger partial charge in [-0.3, -0.25) is 0 Å². The van der Waals surface area contributed by atoms with Crippen molar-refractivity contribution in [2.24, 2.45) is 11.8 Å². The second-order valence-electron chi connectivity index (χ2n) is 29.0. The minimum absolute atomic E-state index is 0.0409. The van der Waals surface area contributed by atoms with Crippen molar-refractivity contribution in [1.82, 2.24) is 0 Å². The first kappa shape index (κ1) is 56.2. The molecule has 2 unspecified atom stereocenters. The number of benzene rings is 4. The fraction of sp³-hybridized carbons (Fsp3) is 0.533. The molecule has 0 radical (unpaired) electrons. The van der Waals surface area contributed by atoms with Crippen molar-refractivity contribution in [3.05, 3.63) is 105 Å². The van der Waals surface area contributed by atoms with E-state index in [9.17, 15) is 17.0 Å². The third-order valence-electron chi connectivity index (χ3n) is 15.6. The Morgan fingerprint density at radius 3 is 0.985 bits per heavy atom. The van der Waals surface area contributed by atoms with E-state index in [-0.39, 0.29) is 18.1 Å². The molecule has 0 saturated carbocycles. The first-order chi connectivity index (χ1) is 30.7. The predicted molar refractivity (Wildman–Crippen MR) is 324 cm³/mol. The van der Waals surface area contributed by atoms with Gasteiger partial charge in [-0.15, -0.1) is 0 Å². The van der Waals surface area contributed by atoms with Crippen molar-refractivity contribution >= 4 is 88.1 Å². The zero-order chi connectivity index (χ0) is 51.5. The fourth-order valence-corrected chi connectivity index (χ4v) is 48.0. The van der Waals surface area contributed by atoms with E-state index < -0.39 is 53.8 Å². The third kappa shape index (κ3) is 10.8. The normalized spacial score (nSPS) is 18.0. The van der Waals surface area contributed by atoms with E-state index in [1.54, 1.807) is 20.7 Å². The predicted octanol–water partition coefficient (Wildman–Crippen LogP) is 17.4. The first-order valence-electron chi connectivity index (χ1n) is 26.3. The zero-order valence-electron chi connectivity index (χ0n) is 47.5. The van der Waals surface area contributed by atoms with Gasteiger partial charge in [0.25, 0.3) is 0 Å².